The number of imide groups is 1. The van der Waals surface area contributed by atoms with Crippen molar-refractivity contribution in [2.75, 3.05) is 26.9 Å². The van der Waals surface area contributed by atoms with Gasteiger partial charge in [0.1, 0.15) is 29.0 Å². The Kier molecular flexibility index (Phi) is 27.1. The third-order valence-corrected chi connectivity index (χ3v) is 6.88. The van der Waals surface area contributed by atoms with Crippen LogP contribution in [0.3, 0.4) is 0 Å². The van der Waals surface area contributed by atoms with Crippen molar-refractivity contribution in [3.63, 3.8) is 0 Å². The average molecular weight is 987 g/mol. The van der Waals surface area contributed by atoms with Crippen LogP contribution < -0.4 is 5.32 Å². The maximum atomic E-state index is 13.9. The molecule has 2 aliphatic rings. The summed E-state index contributed by atoms with van der Waals surface area (Å²) in [6.45, 7) is 17.6. The average Bonchev–Trinajstić information content (AvgIpc) is 3.43. The van der Waals surface area contributed by atoms with E-state index >= 15 is 0 Å². The van der Waals surface area contributed by atoms with Gasteiger partial charge in [-0.25, -0.2) is 24.1 Å². The van der Waals surface area contributed by atoms with Crippen LogP contribution >= 0.6 is 40.5 Å². The van der Waals surface area contributed by atoms with Gasteiger partial charge in [0.05, 0.1) is 38.8 Å². The summed E-state index contributed by atoms with van der Waals surface area (Å²) in [5.74, 6) is -17.4. The highest BCUT2D eigenvalue weighted by molar-refractivity contribution is 7.59. The highest BCUT2D eigenvalue weighted by Gasteiger charge is 2.57. The Labute approximate surface area is 383 Å². The maximum Gasteiger partial charge on any atom is 0.508 e. The third kappa shape index (κ3) is 26.8. The fourth-order valence-electron chi connectivity index (χ4n) is 4.66. The number of nitrogens with one attached hydrogen (secondary N) is 1. The Balaban J connectivity index is -0.000000437. The number of ether oxygens (including phenoxy) is 7. The number of aliphatic hydroxyl groups is 1. The third-order valence-electron chi connectivity index (χ3n) is 6.88. The molecular weight excluding hydrogens is 923 g/mol. The molecule has 17 nitrogen and oxygen atoms in total. The van der Waals surface area contributed by atoms with Crippen LogP contribution in [0.25, 0.3) is 0 Å². The summed E-state index contributed by atoms with van der Waals surface area (Å²) in [6.07, 6.45) is -6.39. The molecule has 3 amide bonds. The molecule has 2 saturated heterocycles. The first kappa shape index (κ1) is 66.1. The molecule has 3 atom stereocenters. The smallest absolute Gasteiger partial charge is 0.465 e. The Morgan fingerprint density at radius 2 is 1.17 bits per heavy atom. The molecule has 63 heavy (non-hydrogen) atoms. The lowest BCUT2D eigenvalue weighted by atomic mass is 9.98. The van der Waals surface area contributed by atoms with Crippen LogP contribution in [0.5, 0.6) is 0 Å². The number of nitrogens with zero attached hydrogens (tertiary/aromatic N) is 1. The Morgan fingerprint density at radius 3 is 1.54 bits per heavy atom. The molecule has 0 unspecified atom stereocenters. The molecular formula is C37H64F6N2O15S3. The molecule has 2 rings (SSSR count). The number of alkyl halides is 6. The van der Waals surface area contributed by atoms with Crippen molar-refractivity contribution < 1.29 is 98.2 Å². The topological polar surface area (TPSA) is 220 Å². The van der Waals surface area contributed by atoms with Gasteiger partial charge < -0.3 is 43.6 Å². The molecule has 26 heteroatoms. The normalized spacial score (nSPS) is 18.3. The molecule has 2 aliphatic heterocycles. The van der Waals surface area contributed by atoms with Gasteiger partial charge in [-0.15, -0.1) is 0 Å². The van der Waals surface area contributed by atoms with E-state index in [1.54, 1.807) is 62.3 Å². The van der Waals surface area contributed by atoms with E-state index in [9.17, 15) is 59.9 Å². The summed E-state index contributed by atoms with van der Waals surface area (Å²) in [6, 6.07) is -2.10. The fourth-order valence-corrected chi connectivity index (χ4v) is 4.66. The van der Waals surface area contributed by atoms with Crippen LogP contribution in [-0.2, 0) is 52.3 Å². The minimum Gasteiger partial charge on any atom is -0.465 e. The van der Waals surface area contributed by atoms with E-state index in [1.165, 1.54) is 20.8 Å². The van der Waals surface area contributed by atoms with Crippen LogP contribution in [0.1, 0.15) is 109 Å². The van der Waals surface area contributed by atoms with Crippen LogP contribution in [0.2, 0.25) is 0 Å². The van der Waals surface area contributed by atoms with Crippen molar-refractivity contribution in [2.24, 2.45) is 5.92 Å². The van der Waals surface area contributed by atoms with Crippen molar-refractivity contribution in [1.29, 1.82) is 0 Å². The number of carbonyl (C=O) groups excluding carboxylic acids is 7. The highest BCUT2D eigenvalue weighted by Crippen LogP contribution is 2.35. The van der Waals surface area contributed by atoms with Crippen molar-refractivity contribution in [1.82, 2.24) is 10.2 Å². The van der Waals surface area contributed by atoms with Gasteiger partial charge in [-0.3, -0.25) is 14.4 Å². The van der Waals surface area contributed by atoms with E-state index in [4.69, 9.17) is 33.5 Å². The summed E-state index contributed by atoms with van der Waals surface area (Å²) in [4.78, 5) is 80.6. The van der Waals surface area contributed by atoms with Crippen molar-refractivity contribution in [3.05, 3.63) is 0 Å². The van der Waals surface area contributed by atoms with Gasteiger partial charge in [0.15, 0.2) is 0 Å². The number of halogens is 6. The number of likely N-dealkylation sites (tertiary alicyclic amines) is 1. The number of esters is 2. The SMILES string of the molecule is CC(C)(C)OC(=O)OC[C@@H]1CC(F)(F)C(=O)N1C(=O)OC(C)(C)C.COC(=O)C(F)(F)C[C@@H](COC(=O)OC(C)(C)C)CC(=O)OC(C)(C)C.O=C1N[C@H](CO)CC1(F)F.S.S.S. The minimum absolute atomic E-state index is 0. The lowest BCUT2D eigenvalue weighted by molar-refractivity contribution is -0.173. The lowest BCUT2D eigenvalue weighted by Crippen LogP contribution is -2.45. The van der Waals surface area contributed by atoms with Gasteiger partial charge in [0.25, 0.3) is 5.91 Å². The molecule has 0 aliphatic carbocycles. The van der Waals surface area contributed by atoms with Gasteiger partial charge in [-0.1, -0.05) is 0 Å². The monoisotopic (exact) mass is 986 g/mol. The molecule has 0 aromatic carbocycles. The predicted octanol–water partition coefficient (Wildman–Crippen LogP) is 6.43. The van der Waals surface area contributed by atoms with Crippen molar-refractivity contribution in [2.45, 2.75) is 161 Å². The summed E-state index contributed by atoms with van der Waals surface area (Å²) in [5.41, 5.74) is -3.42. The second kappa shape index (κ2) is 25.8. The molecule has 0 bridgehead atoms. The number of aliphatic hydroxyl groups excluding tert-OH is 1. The second-order valence-electron chi connectivity index (χ2n) is 17.6. The fraction of sp³-hybridized carbons (Fsp3) is 0.811. The summed E-state index contributed by atoms with van der Waals surface area (Å²) in [5, 5.41) is 10.3. The van der Waals surface area contributed by atoms with E-state index in [2.05, 4.69) is 4.74 Å². The number of hydrogen-bond acceptors (Lipinski definition) is 15. The number of carbonyl (C=O) groups is 7. The molecule has 0 aromatic heterocycles. The van der Waals surface area contributed by atoms with Crippen LogP contribution in [0, 0.1) is 5.92 Å². The highest BCUT2D eigenvalue weighted by atomic mass is 32.1. The van der Waals surface area contributed by atoms with E-state index in [1.807, 2.05) is 5.32 Å². The Bertz CT molecular complexity index is 1530. The van der Waals surface area contributed by atoms with E-state index in [0.717, 1.165) is 7.11 Å². The predicted molar refractivity (Wildman–Crippen MR) is 226 cm³/mol. The molecule has 2 N–H and O–H groups in total. The van der Waals surface area contributed by atoms with Gasteiger partial charge in [0, 0.05) is 25.2 Å². The van der Waals surface area contributed by atoms with E-state index in [0.29, 0.717) is 4.90 Å². The van der Waals surface area contributed by atoms with Gasteiger partial charge in [0.2, 0.25) is 0 Å². The van der Waals surface area contributed by atoms with E-state index < -0.39 is 146 Å². The van der Waals surface area contributed by atoms with Crippen LogP contribution in [0.15, 0.2) is 0 Å². The maximum absolute atomic E-state index is 13.9. The zero-order valence-corrected chi connectivity index (χ0v) is 40.6. The number of amides is 3. The molecule has 0 radical (unpaired) electrons. The first-order chi connectivity index (χ1) is 26.7. The quantitative estimate of drug-likeness (QED) is 0.137. The zero-order chi connectivity index (χ0) is 47.5. The molecule has 2 fully saturated rings. The molecule has 0 spiro atoms. The van der Waals surface area contributed by atoms with Crippen LogP contribution in [-0.4, -0.2) is 131 Å². The largest absolute Gasteiger partial charge is 0.508 e. The van der Waals surface area contributed by atoms with Crippen molar-refractivity contribution in [3.8, 4) is 0 Å². The summed E-state index contributed by atoms with van der Waals surface area (Å²) < 4.78 is 113. The van der Waals surface area contributed by atoms with Gasteiger partial charge >= 0.3 is 54.0 Å². The molecule has 372 valence electrons. The lowest BCUT2D eigenvalue weighted by Gasteiger charge is -2.27. The Morgan fingerprint density at radius 1 is 0.730 bits per heavy atom. The van der Waals surface area contributed by atoms with Gasteiger partial charge in [-0.05, 0) is 83.1 Å². The van der Waals surface area contributed by atoms with Crippen molar-refractivity contribution >= 4 is 82.6 Å². The first-order valence-corrected chi connectivity index (χ1v) is 18.4. The number of hydrogen-bond donors (Lipinski definition) is 2. The second-order valence-corrected chi connectivity index (χ2v) is 17.6. The number of methoxy groups -OCH3 is 1. The summed E-state index contributed by atoms with van der Waals surface area (Å²) >= 11 is 0. The first-order valence-electron chi connectivity index (χ1n) is 18.4. The Hall–Kier alpha value is -3.52. The van der Waals surface area contributed by atoms with E-state index in [-0.39, 0.29) is 40.5 Å². The summed E-state index contributed by atoms with van der Waals surface area (Å²) in [7, 11) is 0.830. The van der Waals surface area contributed by atoms with Gasteiger partial charge in [-0.2, -0.15) is 66.8 Å². The zero-order valence-electron chi connectivity index (χ0n) is 37.6. The molecule has 2 heterocycles. The molecule has 0 saturated carbocycles. The minimum atomic E-state index is -3.83. The standard InChI is InChI=1S/C17H28F2O7.C15H23F2NO6.C5H7F2NO2.3H2S/c1-15(2,3)25-12(20)8-11(9-17(18,19)13(21)23-7)10-24-14(22)26-16(4,5)6;1-13(2,3)23-11(20)18-9(7-15(16,17)10(18)19)8-22-12(21)24-14(4,5)6;6-5(7)1-3(2-9)8-4(5)10;;;/h11H,8-10H2,1-7H3;9H,7-8H2,1-6H3;3,9H,1-2H2,(H,8,10);3*1H2/t11-;9-;3-;;;/m000.../s1. The van der Waals surface area contributed by atoms with Crippen LogP contribution in [0.4, 0.5) is 40.7 Å². The number of rotatable bonds is 10. The molecule has 0 aromatic rings.